The lowest BCUT2D eigenvalue weighted by molar-refractivity contribution is -0.117. The van der Waals surface area contributed by atoms with Gasteiger partial charge in [-0.05, 0) is 72.3 Å². The first-order valence-corrected chi connectivity index (χ1v) is 12.1. The fourth-order valence-electron chi connectivity index (χ4n) is 3.87. The van der Waals surface area contributed by atoms with Crippen LogP contribution in [0.1, 0.15) is 16.9 Å². The Hall–Kier alpha value is -5.42. The van der Waals surface area contributed by atoms with E-state index in [1.165, 1.54) is 24.5 Å². The first-order chi connectivity index (χ1) is 19.1. The van der Waals surface area contributed by atoms with Crippen LogP contribution >= 0.6 is 0 Å². The second kappa shape index (κ2) is 11.8. The molecule has 1 amide bonds. The molecule has 5 rings (SSSR count). The number of ether oxygens (including phenoxy) is 1. The molecular weight excluding hydrogens is 495 g/mol. The first kappa shape index (κ1) is 25.2. The predicted molar refractivity (Wildman–Crippen MR) is 144 cm³/mol. The van der Waals surface area contributed by atoms with Crippen molar-refractivity contribution in [1.29, 1.82) is 5.26 Å². The van der Waals surface area contributed by atoms with Gasteiger partial charge in [0, 0.05) is 17.3 Å². The first-order valence-electron chi connectivity index (χ1n) is 12.1. The van der Waals surface area contributed by atoms with E-state index in [1.807, 2.05) is 60.7 Å². The largest absolute Gasteiger partial charge is 0.489 e. The molecular formula is C31H23FN4O3. The zero-order chi connectivity index (χ0) is 27.0. The SMILES string of the molecule is N#CC(=Cc1cn(-c2ccccc2)nc1-c1ccc(OCc2ccc(F)cc2)cc1)C(=O)NCc1ccco1. The summed E-state index contributed by atoms with van der Waals surface area (Å²) in [5, 5.41) is 17.2. The second-order valence-corrected chi connectivity index (χ2v) is 8.58. The Morgan fingerprint density at radius 1 is 1.03 bits per heavy atom. The summed E-state index contributed by atoms with van der Waals surface area (Å²) < 4.78 is 25.9. The summed E-state index contributed by atoms with van der Waals surface area (Å²) in [5.74, 6) is 0.409. The minimum absolute atomic E-state index is 0.0605. The zero-order valence-electron chi connectivity index (χ0n) is 20.8. The van der Waals surface area contributed by atoms with E-state index >= 15 is 0 Å². The molecule has 0 bridgehead atoms. The molecule has 0 saturated heterocycles. The molecule has 0 aliphatic carbocycles. The molecule has 0 unspecified atom stereocenters. The van der Waals surface area contributed by atoms with Crippen LogP contribution in [0, 0.1) is 17.1 Å². The molecule has 39 heavy (non-hydrogen) atoms. The lowest BCUT2D eigenvalue weighted by atomic mass is 10.1. The third-order valence-electron chi connectivity index (χ3n) is 5.88. The van der Waals surface area contributed by atoms with Gasteiger partial charge in [-0.3, -0.25) is 4.79 Å². The number of nitrogens with one attached hydrogen (secondary N) is 1. The molecule has 0 spiro atoms. The molecule has 8 heteroatoms. The number of furan rings is 1. The minimum Gasteiger partial charge on any atom is -0.489 e. The quantitative estimate of drug-likeness (QED) is 0.189. The van der Waals surface area contributed by atoms with Gasteiger partial charge in [0.15, 0.2) is 0 Å². The Labute approximate surface area is 224 Å². The van der Waals surface area contributed by atoms with Crippen LogP contribution in [0.2, 0.25) is 0 Å². The smallest absolute Gasteiger partial charge is 0.262 e. The fraction of sp³-hybridized carbons (Fsp3) is 0.0645. The van der Waals surface area contributed by atoms with Crippen molar-refractivity contribution in [2.75, 3.05) is 0 Å². The van der Waals surface area contributed by atoms with Crippen LogP contribution in [0.4, 0.5) is 4.39 Å². The number of rotatable bonds is 9. The highest BCUT2D eigenvalue weighted by atomic mass is 19.1. The number of nitriles is 1. The van der Waals surface area contributed by atoms with Gasteiger partial charge < -0.3 is 14.5 Å². The Morgan fingerprint density at radius 3 is 2.49 bits per heavy atom. The van der Waals surface area contributed by atoms with E-state index in [0.29, 0.717) is 29.4 Å². The zero-order valence-corrected chi connectivity index (χ0v) is 20.8. The molecule has 0 radical (unpaired) electrons. The monoisotopic (exact) mass is 518 g/mol. The average Bonchev–Trinajstić information content (AvgIpc) is 3.65. The second-order valence-electron chi connectivity index (χ2n) is 8.58. The normalized spacial score (nSPS) is 11.1. The van der Waals surface area contributed by atoms with Crippen LogP contribution in [0.3, 0.4) is 0 Å². The highest BCUT2D eigenvalue weighted by molar-refractivity contribution is 6.02. The van der Waals surface area contributed by atoms with Crippen LogP contribution in [-0.4, -0.2) is 15.7 Å². The topological polar surface area (TPSA) is 93.1 Å². The summed E-state index contributed by atoms with van der Waals surface area (Å²) >= 11 is 0. The third kappa shape index (κ3) is 6.29. The fourth-order valence-corrected chi connectivity index (χ4v) is 3.87. The van der Waals surface area contributed by atoms with Crippen molar-refractivity contribution in [3.63, 3.8) is 0 Å². The highest BCUT2D eigenvalue weighted by Gasteiger charge is 2.16. The molecule has 1 N–H and O–H groups in total. The van der Waals surface area contributed by atoms with Crippen molar-refractivity contribution in [1.82, 2.24) is 15.1 Å². The van der Waals surface area contributed by atoms with Crippen molar-refractivity contribution in [2.24, 2.45) is 0 Å². The van der Waals surface area contributed by atoms with Gasteiger partial charge in [-0.2, -0.15) is 10.4 Å². The van der Waals surface area contributed by atoms with Gasteiger partial charge >= 0.3 is 0 Å². The Kier molecular flexibility index (Phi) is 7.61. The average molecular weight is 519 g/mol. The number of hydrogen-bond acceptors (Lipinski definition) is 5. The van der Waals surface area contributed by atoms with Crippen LogP contribution in [0.15, 0.2) is 113 Å². The summed E-state index contributed by atoms with van der Waals surface area (Å²) in [5.41, 5.74) is 3.59. The van der Waals surface area contributed by atoms with Crippen LogP contribution in [0.5, 0.6) is 5.75 Å². The van der Waals surface area contributed by atoms with Crippen molar-refractivity contribution in [3.8, 4) is 28.8 Å². The van der Waals surface area contributed by atoms with E-state index in [9.17, 15) is 14.4 Å². The lowest BCUT2D eigenvalue weighted by Crippen LogP contribution is -2.23. The van der Waals surface area contributed by atoms with Gasteiger partial charge in [-0.25, -0.2) is 9.07 Å². The minimum atomic E-state index is -0.517. The number of aromatic nitrogens is 2. The molecule has 0 fully saturated rings. The van der Waals surface area contributed by atoms with E-state index < -0.39 is 5.91 Å². The number of amides is 1. The molecule has 2 aromatic heterocycles. The summed E-state index contributed by atoms with van der Waals surface area (Å²) in [7, 11) is 0. The number of carbonyl (C=O) groups is 1. The molecule has 0 saturated carbocycles. The molecule has 3 aromatic carbocycles. The van der Waals surface area contributed by atoms with Crippen molar-refractivity contribution in [2.45, 2.75) is 13.2 Å². The van der Waals surface area contributed by atoms with Gasteiger partial charge in [0.25, 0.3) is 5.91 Å². The number of nitrogens with zero attached hydrogens (tertiary/aromatic N) is 3. The van der Waals surface area contributed by atoms with E-state index in [1.54, 1.807) is 35.1 Å². The standard InChI is InChI=1S/C31H23FN4O3/c32-26-12-8-22(9-13-26)21-39-28-14-10-23(11-15-28)30-25(20-36(35-30)27-5-2-1-3-6-27)17-24(18-33)31(37)34-19-29-7-4-16-38-29/h1-17,20H,19,21H2,(H,34,37). The number of hydrogen-bond donors (Lipinski definition) is 1. The maximum absolute atomic E-state index is 13.1. The summed E-state index contributed by atoms with van der Waals surface area (Å²) in [6.07, 6.45) is 4.82. The van der Waals surface area contributed by atoms with Gasteiger partial charge in [0.2, 0.25) is 0 Å². The van der Waals surface area contributed by atoms with Crippen molar-refractivity contribution in [3.05, 3.63) is 132 Å². The maximum atomic E-state index is 13.1. The predicted octanol–water partition coefficient (Wildman–Crippen LogP) is 6.07. The van der Waals surface area contributed by atoms with Gasteiger partial charge in [0.05, 0.1) is 24.2 Å². The number of halogens is 1. The number of carbonyl (C=O) groups excluding carboxylic acids is 1. The molecule has 5 aromatic rings. The highest BCUT2D eigenvalue weighted by Crippen LogP contribution is 2.28. The van der Waals surface area contributed by atoms with Gasteiger partial charge in [-0.1, -0.05) is 30.3 Å². The molecule has 7 nitrogen and oxygen atoms in total. The Morgan fingerprint density at radius 2 is 1.79 bits per heavy atom. The van der Waals surface area contributed by atoms with Gasteiger partial charge in [-0.15, -0.1) is 0 Å². The molecule has 0 aliphatic heterocycles. The van der Waals surface area contributed by atoms with E-state index in [0.717, 1.165) is 16.8 Å². The van der Waals surface area contributed by atoms with E-state index in [4.69, 9.17) is 14.3 Å². The molecule has 192 valence electrons. The van der Waals surface area contributed by atoms with Crippen LogP contribution in [-0.2, 0) is 17.9 Å². The van der Waals surface area contributed by atoms with E-state index in [2.05, 4.69) is 5.32 Å². The third-order valence-corrected chi connectivity index (χ3v) is 5.88. The van der Waals surface area contributed by atoms with Crippen molar-refractivity contribution < 1.29 is 18.3 Å². The van der Waals surface area contributed by atoms with E-state index in [-0.39, 0.29) is 17.9 Å². The molecule has 0 aliphatic rings. The van der Waals surface area contributed by atoms with Gasteiger partial charge in [0.1, 0.15) is 35.6 Å². The molecule has 2 heterocycles. The van der Waals surface area contributed by atoms with Crippen molar-refractivity contribution >= 4 is 12.0 Å². The lowest BCUT2D eigenvalue weighted by Gasteiger charge is -2.07. The Balaban J connectivity index is 1.41. The Bertz CT molecular complexity index is 1620. The summed E-state index contributed by atoms with van der Waals surface area (Å²) in [6.45, 7) is 0.468. The summed E-state index contributed by atoms with van der Waals surface area (Å²) in [4.78, 5) is 12.7. The maximum Gasteiger partial charge on any atom is 0.262 e. The summed E-state index contributed by atoms with van der Waals surface area (Å²) in [6, 6.07) is 28.5. The number of para-hydroxylation sites is 1. The van der Waals surface area contributed by atoms with Crippen LogP contribution < -0.4 is 10.1 Å². The van der Waals surface area contributed by atoms with Crippen LogP contribution in [0.25, 0.3) is 23.0 Å². The molecule has 0 atom stereocenters. The number of benzene rings is 3.